The molecule has 0 aromatic carbocycles. The van der Waals surface area contributed by atoms with Crippen LogP contribution in [0.5, 0.6) is 0 Å². The predicted octanol–water partition coefficient (Wildman–Crippen LogP) is 7.45. The molecule has 0 unspecified atom stereocenters. The number of alkyl halides is 16. The van der Waals surface area contributed by atoms with Crippen LogP contribution in [0.4, 0.5) is 70.2 Å². The summed E-state index contributed by atoms with van der Waals surface area (Å²) in [6, 6.07) is 0. The lowest BCUT2D eigenvalue weighted by atomic mass is 9.86. The van der Waals surface area contributed by atoms with Gasteiger partial charge in [-0.2, -0.15) is 70.2 Å². The van der Waals surface area contributed by atoms with Crippen LogP contribution in [-0.4, -0.2) is 47.4 Å². The van der Waals surface area contributed by atoms with E-state index in [1.165, 1.54) is 0 Å². The zero-order valence-corrected chi connectivity index (χ0v) is 14.5. The Labute approximate surface area is 157 Å². The van der Waals surface area contributed by atoms with Crippen molar-refractivity contribution in [2.75, 3.05) is 0 Å². The van der Waals surface area contributed by atoms with E-state index < -0.39 is 72.7 Å². The molecule has 0 spiro atoms. The lowest BCUT2D eigenvalue weighted by Crippen LogP contribution is -2.74. The van der Waals surface area contributed by atoms with Crippen LogP contribution in [0.1, 0.15) is 26.2 Å². The van der Waals surface area contributed by atoms with E-state index >= 15 is 0 Å². The van der Waals surface area contributed by atoms with Crippen molar-refractivity contribution in [1.82, 2.24) is 0 Å². The largest absolute Gasteiger partial charge is 0.385 e. The van der Waals surface area contributed by atoms with Crippen molar-refractivity contribution in [2.45, 2.75) is 73.6 Å². The third kappa shape index (κ3) is 3.60. The summed E-state index contributed by atoms with van der Waals surface area (Å²) < 4.78 is 213. The average molecular weight is 484 g/mol. The Morgan fingerprint density at radius 3 is 1.13 bits per heavy atom. The van der Waals surface area contributed by atoms with Gasteiger partial charge in [-0.25, -0.2) is 0 Å². The highest BCUT2D eigenvalue weighted by atomic mass is 19.4. The molecule has 0 saturated carbocycles. The first-order valence-electron chi connectivity index (χ1n) is 7.53. The summed E-state index contributed by atoms with van der Waals surface area (Å²) >= 11 is 0. The fourth-order valence-electron chi connectivity index (χ4n) is 1.91. The highest BCUT2D eigenvalue weighted by Crippen LogP contribution is 2.64. The quantitative estimate of drug-likeness (QED) is 0.211. The van der Waals surface area contributed by atoms with Gasteiger partial charge in [0.05, 0.1) is 0 Å². The molecule has 0 amide bonds. The third-order valence-electron chi connectivity index (χ3n) is 3.95. The number of rotatable bonds is 11. The normalized spacial score (nSPS) is 16.0. The maximum atomic E-state index is 13.4. The van der Waals surface area contributed by atoms with Crippen LogP contribution in [-0.2, 0) is 0 Å². The van der Waals surface area contributed by atoms with Crippen LogP contribution in [0.3, 0.4) is 0 Å². The Bertz CT molecular complexity index is 617. The highest BCUT2D eigenvalue weighted by molar-refractivity contribution is 5.17. The SMILES string of the molecule is C=CC(F)(F)C(F)(F)C(F)(F)C(F)(F)C(F)(F)C(F)(F)C(F)(F)C(F)(F)CCCC. The molecule has 0 aliphatic rings. The molecule has 16 heteroatoms. The van der Waals surface area contributed by atoms with Crippen LogP contribution in [0.15, 0.2) is 12.7 Å². The molecule has 0 aliphatic carbocycles. The van der Waals surface area contributed by atoms with Crippen LogP contribution in [0, 0.1) is 0 Å². The van der Waals surface area contributed by atoms with E-state index in [0.717, 1.165) is 6.92 Å². The van der Waals surface area contributed by atoms with Gasteiger partial charge in [-0.05, 0) is 12.5 Å². The lowest BCUT2D eigenvalue weighted by Gasteiger charge is -2.43. The molecule has 0 bridgehead atoms. The van der Waals surface area contributed by atoms with Gasteiger partial charge >= 0.3 is 47.4 Å². The van der Waals surface area contributed by atoms with E-state index in [4.69, 9.17) is 0 Å². The molecule has 0 atom stereocenters. The van der Waals surface area contributed by atoms with Gasteiger partial charge in [0.25, 0.3) is 0 Å². The molecule has 0 aromatic heterocycles. The van der Waals surface area contributed by atoms with E-state index in [1.807, 2.05) is 6.58 Å². The Kier molecular flexibility index (Phi) is 7.29. The zero-order valence-electron chi connectivity index (χ0n) is 14.5. The minimum Gasteiger partial charge on any atom is -0.200 e. The molecule has 0 aromatic rings. The van der Waals surface area contributed by atoms with Gasteiger partial charge in [0.2, 0.25) is 0 Å². The zero-order chi connectivity index (χ0) is 24.8. The molecule has 0 nitrogen and oxygen atoms in total. The summed E-state index contributed by atoms with van der Waals surface area (Å²) in [4.78, 5) is 0. The van der Waals surface area contributed by atoms with E-state index in [9.17, 15) is 70.2 Å². The average Bonchev–Trinajstić information content (AvgIpc) is 2.58. The molecule has 0 saturated heterocycles. The first-order chi connectivity index (χ1) is 12.9. The van der Waals surface area contributed by atoms with E-state index in [2.05, 4.69) is 0 Å². The van der Waals surface area contributed by atoms with Crippen LogP contribution >= 0.6 is 0 Å². The van der Waals surface area contributed by atoms with E-state index in [0.29, 0.717) is 0 Å². The van der Waals surface area contributed by atoms with Crippen molar-refractivity contribution in [1.29, 1.82) is 0 Å². The summed E-state index contributed by atoms with van der Waals surface area (Å²) in [5, 5.41) is 0. The molecule has 0 fully saturated rings. The molecule has 0 aliphatic heterocycles. The van der Waals surface area contributed by atoms with E-state index in [-0.39, 0.29) is 0 Å². The topological polar surface area (TPSA) is 0 Å². The number of halogens is 16. The smallest absolute Gasteiger partial charge is 0.200 e. The first-order valence-corrected chi connectivity index (χ1v) is 7.53. The summed E-state index contributed by atoms with van der Waals surface area (Å²) in [5.74, 6) is -60.6. The van der Waals surface area contributed by atoms with Gasteiger partial charge in [0.1, 0.15) is 0 Å². The molecular weight excluding hydrogens is 472 g/mol. The Morgan fingerprint density at radius 1 is 0.533 bits per heavy atom. The van der Waals surface area contributed by atoms with Crippen molar-refractivity contribution < 1.29 is 70.2 Å². The standard InChI is InChI=1S/C14H12F16/c1-3-5-6-8(17,18)10(21,22)12(25,26)14(29,30)13(27,28)11(23,24)9(19,20)7(15,16)4-2/h4H,2-3,5-6H2,1H3. The summed E-state index contributed by atoms with van der Waals surface area (Å²) in [7, 11) is 0. The molecule has 0 N–H and O–H groups in total. The second kappa shape index (κ2) is 7.64. The van der Waals surface area contributed by atoms with Gasteiger partial charge in [-0.1, -0.05) is 19.9 Å². The molecule has 0 rings (SSSR count). The third-order valence-corrected chi connectivity index (χ3v) is 3.95. The molecule has 0 radical (unpaired) electrons. The van der Waals surface area contributed by atoms with Gasteiger partial charge in [-0.3, -0.25) is 0 Å². The second-order valence-electron chi connectivity index (χ2n) is 6.08. The van der Waals surface area contributed by atoms with Crippen molar-refractivity contribution >= 4 is 0 Å². The van der Waals surface area contributed by atoms with Gasteiger partial charge < -0.3 is 0 Å². The minimum absolute atomic E-state index is 0.426. The Hall–Kier alpha value is -1.38. The van der Waals surface area contributed by atoms with Crippen molar-refractivity contribution in [3.63, 3.8) is 0 Å². The predicted molar refractivity (Wildman–Crippen MR) is 69.3 cm³/mol. The second-order valence-corrected chi connectivity index (χ2v) is 6.08. The van der Waals surface area contributed by atoms with Crippen molar-refractivity contribution in [3.8, 4) is 0 Å². The lowest BCUT2D eigenvalue weighted by molar-refractivity contribution is -0.451. The number of unbranched alkanes of at least 4 members (excludes halogenated alkanes) is 1. The number of allylic oxidation sites excluding steroid dienone is 1. The van der Waals surface area contributed by atoms with Crippen LogP contribution in [0.25, 0.3) is 0 Å². The van der Waals surface area contributed by atoms with Crippen LogP contribution in [0.2, 0.25) is 0 Å². The first kappa shape index (κ1) is 28.6. The maximum absolute atomic E-state index is 13.4. The summed E-state index contributed by atoms with van der Waals surface area (Å²) in [6.07, 6.45) is -5.22. The minimum atomic E-state index is -8.37. The molecular formula is C14H12F16. The molecule has 180 valence electrons. The molecule has 0 heterocycles. The van der Waals surface area contributed by atoms with Crippen molar-refractivity contribution in [2.24, 2.45) is 0 Å². The van der Waals surface area contributed by atoms with Gasteiger partial charge in [0, 0.05) is 6.42 Å². The van der Waals surface area contributed by atoms with Crippen LogP contribution < -0.4 is 0 Å². The van der Waals surface area contributed by atoms with Gasteiger partial charge in [-0.15, -0.1) is 0 Å². The van der Waals surface area contributed by atoms with E-state index in [1.54, 1.807) is 0 Å². The fourth-order valence-corrected chi connectivity index (χ4v) is 1.91. The summed E-state index contributed by atoms with van der Waals surface area (Å²) in [6.45, 7) is 2.87. The summed E-state index contributed by atoms with van der Waals surface area (Å²) in [5.41, 5.74) is 0. The Balaban J connectivity index is 6.66. The maximum Gasteiger partial charge on any atom is 0.385 e. The monoisotopic (exact) mass is 484 g/mol. The highest BCUT2D eigenvalue weighted by Gasteiger charge is 2.94. The Morgan fingerprint density at radius 2 is 0.833 bits per heavy atom. The van der Waals surface area contributed by atoms with Gasteiger partial charge in [0.15, 0.2) is 0 Å². The number of hydrogen-bond acceptors (Lipinski definition) is 0. The molecule has 30 heavy (non-hydrogen) atoms. The number of hydrogen-bond donors (Lipinski definition) is 0. The fraction of sp³-hybridized carbons (Fsp3) is 0.857. The van der Waals surface area contributed by atoms with Crippen molar-refractivity contribution in [3.05, 3.63) is 12.7 Å².